The van der Waals surface area contributed by atoms with Gasteiger partial charge in [-0.3, -0.25) is 4.79 Å². The summed E-state index contributed by atoms with van der Waals surface area (Å²) in [6.07, 6.45) is 0. The molecule has 0 saturated heterocycles. The van der Waals surface area contributed by atoms with Crippen molar-refractivity contribution in [3.63, 3.8) is 0 Å². The lowest BCUT2D eigenvalue weighted by atomic mass is 10.1. The van der Waals surface area contributed by atoms with Gasteiger partial charge in [-0.05, 0) is 56.7 Å². The highest BCUT2D eigenvalue weighted by Crippen LogP contribution is 2.30. The van der Waals surface area contributed by atoms with E-state index in [0.29, 0.717) is 30.3 Å². The fraction of sp³-hybridized carbons (Fsp3) is 0.316. The first-order valence-corrected chi connectivity index (χ1v) is 8.80. The molecule has 0 fully saturated rings. The van der Waals surface area contributed by atoms with Gasteiger partial charge in [0.2, 0.25) is 0 Å². The van der Waals surface area contributed by atoms with Crippen molar-refractivity contribution >= 4 is 21.8 Å². The van der Waals surface area contributed by atoms with Crippen LogP contribution in [0.5, 0.6) is 11.5 Å². The van der Waals surface area contributed by atoms with Crippen LogP contribution in [0, 0.1) is 0 Å². The van der Waals surface area contributed by atoms with Gasteiger partial charge in [0, 0.05) is 10.0 Å². The van der Waals surface area contributed by atoms with Gasteiger partial charge in [0.15, 0.2) is 11.5 Å². The first kappa shape index (κ1) is 18.3. The standard InChI is InChI=1S/C19H22BrNO3/c1-4-23-17-10-9-14(12-18(17)24-5-2)13(3)21-19(22)15-7-6-8-16(20)11-15/h6-13H,4-5H2,1-3H3,(H,21,22)/t13-/m0/s1. The monoisotopic (exact) mass is 391 g/mol. The molecule has 0 aromatic heterocycles. The third kappa shape index (κ3) is 4.74. The Balaban J connectivity index is 2.15. The van der Waals surface area contributed by atoms with Crippen LogP contribution in [-0.2, 0) is 0 Å². The summed E-state index contributed by atoms with van der Waals surface area (Å²) >= 11 is 3.38. The van der Waals surface area contributed by atoms with Crippen LogP contribution in [0.4, 0.5) is 0 Å². The van der Waals surface area contributed by atoms with Gasteiger partial charge in [-0.2, -0.15) is 0 Å². The molecule has 1 amide bonds. The molecule has 0 heterocycles. The second-order valence-electron chi connectivity index (χ2n) is 5.28. The molecule has 5 heteroatoms. The first-order chi connectivity index (χ1) is 11.5. The number of carbonyl (C=O) groups is 1. The summed E-state index contributed by atoms with van der Waals surface area (Å²) < 4.78 is 12.1. The van der Waals surface area contributed by atoms with Crippen molar-refractivity contribution in [2.24, 2.45) is 0 Å². The molecule has 2 aromatic rings. The molecule has 4 nitrogen and oxygen atoms in total. The zero-order valence-corrected chi connectivity index (χ0v) is 15.7. The van der Waals surface area contributed by atoms with E-state index < -0.39 is 0 Å². The third-order valence-corrected chi connectivity index (χ3v) is 4.00. The summed E-state index contributed by atoms with van der Waals surface area (Å²) in [6, 6.07) is 12.9. The van der Waals surface area contributed by atoms with Crippen LogP contribution in [0.15, 0.2) is 46.9 Å². The Kier molecular flexibility index (Phi) is 6.67. The number of nitrogens with one attached hydrogen (secondary N) is 1. The van der Waals surface area contributed by atoms with Crippen LogP contribution in [0.25, 0.3) is 0 Å². The van der Waals surface area contributed by atoms with E-state index in [1.54, 1.807) is 12.1 Å². The zero-order chi connectivity index (χ0) is 17.5. The highest BCUT2D eigenvalue weighted by atomic mass is 79.9. The highest BCUT2D eigenvalue weighted by Gasteiger charge is 2.14. The number of amides is 1. The fourth-order valence-electron chi connectivity index (χ4n) is 2.33. The molecule has 128 valence electrons. The smallest absolute Gasteiger partial charge is 0.251 e. The quantitative estimate of drug-likeness (QED) is 0.741. The first-order valence-electron chi connectivity index (χ1n) is 8.01. The average molecular weight is 392 g/mol. The van der Waals surface area contributed by atoms with Gasteiger partial charge < -0.3 is 14.8 Å². The van der Waals surface area contributed by atoms with Crippen LogP contribution in [0.1, 0.15) is 42.7 Å². The maximum absolute atomic E-state index is 12.4. The van der Waals surface area contributed by atoms with Gasteiger partial charge in [-0.25, -0.2) is 0 Å². The van der Waals surface area contributed by atoms with Crippen LogP contribution in [0.2, 0.25) is 0 Å². The molecule has 0 saturated carbocycles. The Hall–Kier alpha value is -2.01. The lowest BCUT2D eigenvalue weighted by Crippen LogP contribution is -2.26. The van der Waals surface area contributed by atoms with E-state index in [0.717, 1.165) is 10.0 Å². The van der Waals surface area contributed by atoms with Gasteiger partial charge in [0.1, 0.15) is 0 Å². The summed E-state index contributed by atoms with van der Waals surface area (Å²) in [4.78, 5) is 12.4. The van der Waals surface area contributed by atoms with Crippen LogP contribution >= 0.6 is 15.9 Å². The summed E-state index contributed by atoms with van der Waals surface area (Å²) in [7, 11) is 0. The molecule has 24 heavy (non-hydrogen) atoms. The Morgan fingerprint density at radius 1 is 1.08 bits per heavy atom. The van der Waals surface area contributed by atoms with Crippen LogP contribution in [0.3, 0.4) is 0 Å². The van der Waals surface area contributed by atoms with Gasteiger partial charge in [0.25, 0.3) is 5.91 Å². The number of halogens is 1. The Labute approximate surface area is 151 Å². The number of rotatable bonds is 7. The number of hydrogen-bond donors (Lipinski definition) is 1. The summed E-state index contributed by atoms with van der Waals surface area (Å²) in [6.45, 7) is 6.95. The number of carbonyl (C=O) groups excluding carboxylic acids is 1. The molecule has 2 aromatic carbocycles. The molecule has 0 unspecified atom stereocenters. The molecule has 0 radical (unpaired) electrons. The van der Waals surface area contributed by atoms with Crippen molar-refractivity contribution in [1.29, 1.82) is 0 Å². The van der Waals surface area contributed by atoms with E-state index >= 15 is 0 Å². The van der Waals surface area contributed by atoms with Crippen molar-refractivity contribution < 1.29 is 14.3 Å². The lowest BCUT2D eigenvalue weighted by molar-refractivity contribution is 0.0939. The molecule has 2 rings (SSSR count). The van der Waals surface area contributed by atoms with Crippen molar-refractivity contribution in [3.8, 4) is 11.5 Å². The van der Waals surface area contributed by atoms with Crippen molar-refractivity contribution in [2.75, 3.05) is 13.2 Å². The van der Waals surface area contributed by atoms with E-state index in [1.807, 2.05) is 51.1 Å². The van der Waals surface area contributed by atoms with Crippen LogP contribution < -0.4 is 14.8 Å². The molecule has 1 N–H and O–H groups in total. The number of benzene rings is 2. The van der Waals surface area contributed by atoms with E-state index in [9.17, 15) is 4.79 Å². The molecule has 0 aliphatic rings. The average Bonchev–Trinajstić information content (AvgIpc) is 2.56. The SMILES string of the molecule is CCOc1ccc([C@H](C)NC(=O)c2cccc(Br)c2)cc1OCC. The van der Waals surface area contributed by atoms with E-state index in [1.165, 1.54) is 0 Å². The fourth-order valence-corrected chi connectivity index (χ4v) is 2.73. The molecule has 0 spiro atoms. The minimum absolute atomic E-state index is 0.115. The predicted molar refractivity (Wildman–Crippen MR) is 98.8 cm³/mol. The van der Waals surface area contributed by atoms with E-state index in [4.69, 9.17) is 9.47 Å². The topological polar surface area (TPSA) is 47.6 Å². The predicted octanol–water partition coefficient (Wildman–Crippen LogP) is 4.74. The van der Waals surface area contributed by atoms with Gasteiger partial charge in [-0.1, -0.05) is 28.1 Å². The maximum Gasteiger partial charge on any atom is 0.251 e. The number of ether oxygens (including phenoxy) is 2. The van der Waals surface area contributed by atoms with Crippen molar-refractivity contribution in [1.82, 2.24) is 5.32 Å². The molecule has 0 bridgehead atoms. The van der Waals surface area contributed by atoms with Crippen LogP contribution in [-0.4, -0.2) is 19.1 Å². The summed E-state index contributed by atoms with van der Waals surface area (Å²) in [5.41, 5.74) is 1.58. The highest BCUT2D eigenvalue weighted by molar-refractivity contribution is 9.10. The summed E-state index contributed by atoms with van der Waals surface area (Å²) in [5.74, 6) is 1.30. The molecular formula is C19H22BrNO3. The van der Waals surface area contributed by atoms with E-state index in [2.05, 4.69) is 21.2 Å². The third-order valence-electron chi connectivity index (χ3n) is 3.50. The minimum atomic E-state index is -0.147. The maximum atomic E-state index is 12.4. The normalized spacial score (nSPS) is 11.7. The van der Waals surface area contributed by atoms with Crippen molar-refractivity contribution in [3.05, 3.63) is 58.1 Å². The summed E-state index contributed by atoms with van der Waals surface area (Å²) in [5, 5.41) is 3.00. The second kappa shape index (κ2) is 8.73. The van der Waals surface area contributed by atoms with Gasteiger partial charge >= 0.3 is 0 Å². The van der Waals surface area contributed by atoms with Crippen molar-refractivity contribution in [2.45, 2.75) is 26.8 Å². The Morgan fingerprint density at radius 2 is 1.79 bits per heavy atom. The largest absolute Gasteiger partial charge is 0.490 e. The molecule has 1 atom stereocenters. The molecule has 0 aliphatic heterocycles. The molecular weight excluding hydrogens is 370 g/mol. The second-order valence-corrected chi connectivity index (χ2v) is 6.19. The lowest BCUT2D eigenvalue weighted by Gasteiger charge is -2.17. The minimum Gasteiger partial charge on any atom is -0.490 e. The number of hydrogen-bond acceptors (Lipinski definition) is 3. The van der Waals surface area contributed by atoms with Gasteiger partial charge in [0.05, 0.1) is 19.3 Å². The Morgan fingerprint density at radius 3 is 2.46 bits per heavy atom. The Bertz CT molecular complexity index is 703. The van der Waals surface area contributed by atoms with Gasteiger partial charge in [-0.15, -0.1) is 0 Å². The molecule has 0 aliphatic carbocycles. The zero-order valence-electron chi connectivity index (χ0n) is 14.1. The van der Waals surface area contributed by atoms with E-state index in [-0.39, 0.29) is 11.9 Å².